The summed E-state index contributed by atoms with van der Waals surface area (Å²) in [7, 11) is -3.20. The zero-order chi connectivity index (χ0) is 13.9. The quantitative estimate of drug-likeness (QED) is 0.905. The molecule has 2 rings (SSSR count). The number of hydrogen-bond donors (Lipinski definition) is 1. The summed E-state index contributed by atoms with van der Waals surface area (Å²) in [6, 6.07) is 3.97. The van der Waals surface area contributed by atoms with Gasteiger partial charge in [0, 0.05) is 17.5 Å². The number of hydrogen-bond acceptors (Lipinski definition) is 4. The Kier molecular flexibility index (Phi) is 5.00. The standard InChI is InChI=1S/C13H22N2O2S2/c1-11(2)15(10-12-4-3-9-18-12)19(16,17)13-5-7-14-8-6-13/h3-4,9,11,13-14H,5-8,10H2,1-2H3. The van der Waals surface area contributed by atoms with Crippen LogP contribution in [0.25, 0.3) is 0 Å². The number of thiophene rings is 1. The highest BCUT2D eigenvalue weighted by Crippen LogP contribution is 2.23. The lowest BCUT2D eigenvalue weighted by molar-refractivity contribution is 0.338. The first-order chi connectivity index (χ1) is 9.01. The normalized spacial score (nSPS) is 18.3. The van der Waals surface area contributed by atoms with Gasteiger partial charge in [-0.2, -0.15) is 4.31 Å². The van der Waals surface area contributed by atoms with E-state index in [0.29, 0.717) is 6.54 Å². The molecule has 1 saturated heterocycles. The highest BCUT2D eigenvalue weighted by Gasteiger charge is 2.34. The summed E-state index contributed by atoms with van der Waals surface area (Å²) in [6.45, 7) is 6.00. The smallest absolute Gasteiger partial charge is 0.217 e. The van der Waals surface area contributed by atoms with E-state index < -0.39 is 10.0 Å². The van der Waals surface area contributed by atoms with Crippen molar-refractivity contribution in [3.05, 3.63) is 22.4 Å². The van der Waals surface area contributed by atoms with E-state index >= 15 is 0 Å². The van der Waals surface area contributed by atoms with Crippen molar-refractivity contribution < 1.29 is 8.42 Å². The van der Waals surface area contributed by atoms with Crippen LogP contribution in [0.1, 0.15) is 31.6 Å². The minimum Gasteiger partial charge on any atom is -0.317 e. The van der Waals surface area contributed by atoms with Gasteiger partial charge >= 0.3 is 0 Å². The van der Waals surface area contributed by atoms with Gasteiger partial charge in [-0.25, -0.2) is 8.42 Å². The first-order valence-electron chi connectivity index (χ1n) is 6.75. The lowest BCUT2D eigenvalue weighted by Gasteiger charge is -2.32. The van der Waals surface area contributed by atoms with Crippen LogP contribution >= 0.6 is 11.3 Å². The maximum absolute atomic E-state index is 12.8. The molecule has 0 saturated carbocycles. The van der Waals surface area contributed by atoms with Gasteiger partial charge in [-0.1, -0.05) is 6.07 Å². The van der Waals surface area contributed by atoms with E-state index in [4.69, 9.17) is 0 Å². The molecular weight excluding hydrogens is 280 g/mol. The zero-order valence-electron chi connectivity index (χ0n) is 11.5. The Morgan fingerprint density at radius 3 is 2.63 bits per heavy atom. The summed E-state index contributed by atoms with van der Waals surface area (Å²) in [5.74, 6) is 0. The second-order valence-corrected chi connectivity index (χ2v) is 8.41. The topological polar surface area (TPSA) is 49.4 Å². The van der Waals surface area contributed by atoms with Gasteiger partial charge in [0.1, 0.15) is 0 Å². The van der Waals surface area contributed by atoms with Gasteiger partial charge < -0.3 is 5.32 Å². The number of piperidine rings is 1. The van der Waals surface area contributed by atoms with E-state index in [1.165, 1.54) is 0 Å². The third-order valence-electron chi connectivity index (χ3n) is 3.50. The molecule has 1 aliphatic heterocycles. The highest BCUT2D eigenvalue weighted by molar-refractivity contribution is 7.89. The van der Waals surface area contributed by atoms with Gasteiger partial charge in [-0.3, -0.25) is 0 Å². The van der Waals surface area contributed by atoms with Crippen LogP contribution in [0.3, 0.4) is 0 Å². The molecule has 0 radical (unpaired) electrons. The summed E-state index contributed by atoms with van der Waals surface area (Å²) >= 11 is 1.61. The van der Waals surface area contributed by atoms with Crippen molar-refractivity contribution in [2.24, 2.45) is 0 Å². The molecule has 0 aliphatic carbocycles. The summed E-state index contributed by atoms with van der Waals surface area (Å²) in [6.07, 6.45) is 1.44. The van der Waals surface area contributed by atoms with Crippen LogP contribution in [-0.2, 0) is 16.6 Å². The number of sulfonamides is 1. The molecule has 4 nitrogen and oxygen atoms in total. The Labute approximate surface area is 119 Å². The molecule has 19 heavy (non-hydrogen) atoms. The van der Waals surface area contributed by atoms with E-state index in [1.54, 1.807) is 15.6 Å². The predicted molar refractivity (Wildman–Crippen MR) is 79.8 cm³/mol. The van der Waals surface area contributed by atoms with Crippen molar-refractivity contribution in [3.8, 4) is 0 Å². The van der Waals surface area contributed by atoms with Gasteiger partial charge in [0.05, 0.1) is 5.25 Å². The van der Waals surface area contributed by atoms with Crippen LogP contribution in [-0.4, -0.2) is 37.1 Å². The molecular formula is C13H22N2O2S2. The van der Waals surface area contributed by atoms with Crippen LogP contribution in [0.15, 0.2) is 17.5 Å². The average Bonchev–Trinajstić information content (AvgIpc) is 2.89. The third-order valence-corrected chi connectivity index (χ3v) is 6.88. The number of nitrogens with zero attached hydrogens (tertiary/aromatic N) is 1. The predicted octanol–water partition coefficient (Wildman–Crippen LogP) is 2.04. The molecule has 1 N–H and O–H groups in total. The minimum atomic E-state index is -3.20. The second kappa shape index (κ2) is 6.35. The van der Waals surface area contributed by atoms with E-state index in [2.05, 4.69) is 5.32 Å². The van der Waals surface area contributed by atoms with Crippen LogP contribution in [0.4, 0.5) is 0 Å². The monoisotopic (exact) mass is 302 g/mol. The highest BCUT2D eigenvalue weighted by atomic mass is 32.2. The molecule has 6 heteroatoms. The maximum Gasteiger partial charge on any atom is 0.217 e. The second-order valence-electron chi connectivity index (χ2n) is 5.21. The van der Waals surface area contributed by atoms with Gasteiger partial charge in [-0.15, -0.1) is 11.3 Å². The van der Waals surface area contributed by atoms with Crippen LogP contribution in [0.2, 0.25) is 0 Å². The van der Waals surface area contributed by atoms with Crippen molar-refractivity contribution in [3.63, 3.8) is 0 Å². The Morgan fingerprint density at radius 1 is 1.42 bits per heavy atom. The minimum absolute atomic E-state index is 0.00184. The van der Waals surface area contributed by atoms with E-state index in [9.17, 15) is 8.42 Å². The molecule has 1 aromatic rings. The molecule has 0 unspecified atom stereocenters. The fourth-order valence-corrected chi connectivity index (χ4v) is 5.31. The lowest BCUT2D eigenvalue weighted by Crippen LogP contribution is -2.46. The largest absolute Gasteiger partial charge is 0.317 e. The molecule has 0 spiro atoms. The Morgan fingerprint density at radius 2 is 2.11 bits per heavy atom. The zero-order valence-corrected chi connectivity index (χ0v) is 13.1. The summed E-state index contributed by atoms with van der Waals surface area (Å²) < 4.78 is 27.2. The van der Waals surface area contributed by atoms with Gasteiger partial charge in [0.25, 0.3) is 0 Å². The first kappa shape index (κ1) is 15.0. The van der Waals surface area contributed by atoms with Crippen molar-refractivity contribution in [1.82, 2.24) is 9.62 Å². The molecule has 108 valence electrons. The van der Waals surface area contributed by atoms with Crippen molar-refractivity contribution in [1.29, 1.82) is 0 Å². The fourth-order valence-electron chi connectivity index (χ4n) is 2.41. The molecule has 0 atom stereocenters. The van der Waals surface area contributed by atoms with E-state index in [-0.39, 0.29) is 11.3 Å². The SMILES string of the molecule is CC(C)N(Cc1cccs1)S(=O)(=O)C1CCNCC1. The first-order valence-corrected chi connectivity index (χ1v) is 9.14. The molecule has 1 aliphatic rings. The van der Waals surface area contributed by atoms with Crippen molar-refractivity contribution >= 4 is 21.4 Å². The van der Waals surface area contributed by atoms with Crippen LogP contribution in [0, 0.1) is 0 Å². The fraction of sp³-hybridized carbons (Fsp3) is 0.692. The van der Waals surface area contributed by atoms with Gasteiger partial charge in [0.2, 0.25) is 10.0 Å². The van der Waals surface area contributed by atoms with Gasteiger partial charge in [0.15, 0.2) is 0 Å². The van der Waals surface area contributed by atoms with E-state index in [0.717, 1.165) is 30.8 Å². The molecule has 0 amide bonds. The summed E-state index contributed by atoms with van der Waals surface area (Å²) in [4.78, 5) is 1.10. The molecule has 0 aromatic carbocycles. The summed E-state index contributed by atoms with van der Waals surface area (Å²) in [5, 5.41) is 4.98. The Balaban J connectivity index is 2.17. The molecule has 0 bridgehead atoms. The Bertz CT molecular complexity index is 477. The molecule has 1 fully saturated rings. The van der Waals surface area contributed by atoms with Crippen LogP contribution in [0.5, 0.6) is 0 Å². The summed E-state index contributed by atoms with van der Waals surface area (Å²) in [5.41, 5.74) is 0. The third kappa shape index (κ3) is 3.56. The van der Waals surface area contributed by atoms with Gasteiger partial charge in [-0.05, 0) is 51.2 Å². The van der Waals surface area contributed by atoms with Crippen molar-refractivity contribution in [2.45, 2.75) is 44.5 Å². The van der Waals surface area contributed by atoms with Crippen LogP contribution < -0.4 is 5.32 Å². The number of rotatable bonds is 5. The lowest BCUT2D eigenvalue weighted by atomic mass is 10.2. The van der Waals surface area contributed by atoms with E-state index in [1.807, 2.05) is 31.4 Å². The number of nitrogens with one attached hydrogen (secondary N) is 1. The molecule has 2 heterocycles. The molecule has 1 aromatic heterocycles. The maximum atomic E-state index is 12.8. The Hall–Kier alpha value is -0.430. The average molecular weight is 302 g/mol. The van der Waals surface area contributed by atoms with Crippen molar-refractivity contribution in [2.75, 3.05) is 13.1 Å².